The van der Waals surface area contributed by atoms with E-state index in [1.54, 1.807) is 67.5 Å². The van der Waals surface area contributed by atoms with Gasteiger partial charge in [-0.2, -0.15) is 4.31 Å². The van der Waals surface area contributed by atoms with Crippen LogP contribution in [0.3, 0.4) is 0 Å². The summed E-state index contributed by atoms with van der Waals surface area (Å²) in [5.74, 6) is 6.71. The van der Waals surface area contributed by atoms with Crippen LogP contribution in [0.2, 0.25) is 0 Å². The highest BCUT2D eigenvalue weighted by Crippen LogP contribution is 2.36. The van der Waals surface area contributed by atoms with Crippen molar-refractivity contribution >= 4 is 50.7 Å². The van der Waals surface area contributed by atoms with E-state index in [-0.39, 0.29) is 29.3 Å². The van der Waals surface area contributed by atoms with E-state index in [0.29, 0.717) is 52.4 Å². The summed E-state index contributed by atoms with van der Waals surface area (Å²) >= 11 is 0. The molecule has 0 amide bonds. The smallest absolute Gasteiger partial charge is 0.337 e. The summed E-state index contributed by atoms with van der Waals surface area (Å²) in [5.41, 5.74) is 30.4. The molecule has 3 fully saturated rings. The monoisotopic (exact) mass is 1880 g/mol. The van der Waals surface area contributed by atoms with E-state index < -0.39 is 10.0 Å². The van der Waals surface area contributed by atoms with E-state index in [2.05, 4.69) is 275 Å². The van der Waals surface area contributed by atoms with Gasteiger partial charge in [0.15, 0.2) is 17.3 Å². The van der Waals surface area contributed by atoms with Gasteiger partial charge < -0.3 is 19.3 Å². The van der Waals surface area contributed by atoms with Crippen molar-refractivity contribution in [3.05, 3.63) is 434 Å². The number of carbonyl (C=O) groups is 5. The first kappa shape index (κ1) is 106. The van der Waals surface area contributed by atoms with Crippen LogP contribution in [0.1, 0.15) is 244 Å². The zero-order valence-electron chi connectivity index (χ0n) is 83.6. The average Bonchev–Trinajstić information content (AvgIpc) is 0.794. The van der Waals surface area contributed by atoms with Crippen molar-refractivity contribution in [3.8, 4) is 69.2 Å². The molecule has 140 heavy (non-hydrogen) atoms. The first-order chi connectivity index (χ1) is 67.9. The normalized spacial score (nSPS) is 13.0. The summed E-state index contributed by atoms with van der Waals surface area (Å²) < 4.78 is 36.6. The number of sulfonamides is 1. The number of benzene rings is 14. The molecule has 0 saturated carbocycles. The molecule has 0 radical (unpaired) electrons. The van der Waals surface area contributed by atoms with Gasteiger partial charge in [0.2, 0.25) is 10.0 Å². The Morgan fingerprint density at radius 1 is 0.286 bits per heavy atom. The van der Waals surface area contributed by atoms with Crippen molar-refractivity contribution in [2.45, 2.75) is 175 Å². The lowest BCUT2D eigenvalue weighted by Crippen LogP contribution is -2.37. The van der Waals surface area contributed by atoms with Gasteiger partial charge in [-0.3, -0.25) is 14.4 Å². The quantitative estimate of drug-likeness (QED) is 0.0342. The average molecular weight is 1880 g/mol. The lowest BCUT2D eigenvalue weighted by atomic mass is 9.88. The highest BCUT2D eigenvalue weighted by atomic mass is 32.2. The standard InChI is InChI=1S/C21H23NO2S.2C21H25NO.2C16H16O2.C16H16O.C16H14/c1-3-17-5-9-19(10-6-17)20-13-15-22(16-14-20)25(23,24)21-11-7-18(4-2)8-12-21;2*1-3-17-4-6-19(7-5-17)20-12-14-22(15-13-20)21-10-8-18(9-11-21)16(2)23;1-3-12-4-6-13(7-5-12)14-8-10-15(11-9-14)16(17)18-2;1-3-12-7-9-13(10-8-12)14-5-4-6-15(11-14)16(17)18-2;1-3-13-7-9-14(10-8-13)16-6-4-5-15(11-16)12(2)17;1-3-13-8-10-15(11-9-13)16-7-5-6-14(4-2)12-16/h2,5-12,20H,3,13-16H2,1H3;2*4-11,20H,3,12-15H2,1-2H3;2*4-11H,3H2,1-2H3;4-11H,3H2,1-2H3;2,5-12H,3H2,1H3. The molecule has 3 saturated heterocycles. The minimum absolute atomic E-state index is 0.108. The van der Waals surface area contributed by atoms with Gasteiger partial charge in [-0.25, -0.2) is 18.0 Å². The summed E-state index contributed by atoms with van der Waals surface area (Å²) in [6.45, 7) is 25.4. The van der Waals surface area contributed by atoms with Crippen LogP contribution in [0.4, 0.5) is 11.4 Å². The van der Waals surface area contributed by atoms with Crippen molar-refractivity contribution in [1.82, 2.24) is 4.31 Å². The molecule has 3 heterocycles. The second-order valence-electron chi connectivity index (χ2n) is 35.6. The second kappa shape index (κ2) is 54.1. The SMILES string of the molecule is C#Cc1ccc(S(=O)(=O)N2CCC(c3ccc(CC)cc3)CC2)cc1.C#Cc1cccc(-c2ccc(CC)cc2)c1.CCc1ccc(-c2ccc(C(=O)OC)cc2)cc1.CCc1ccc(-c2cccc(C(=O)OC)c2)cc1.CCc1ccc(-c2cccc(C(C)=O)c2)cc1.CCc1ccc(C2CCN(c3ccc(C(C)=O)cc3)CC2)cc1.CCc1ccc(C2CCN(c3ccc(C(C)=O)cc3)CC2)cc1. The van der Waals surface area contributed by atoms with E-state index in [1.807, 2.05) is 97.1 Å². The molecule has 0 aromatic heterocycles. The Morgan fingerprint density at radius 2 is 0.550 bits per heavy atom. The van der Waals surface area contributed by atoms with Crippen molar-refractivity contribution in [1.29, 1.82) is 0 Å². The third-order valence-corrected chi connectivity index (χ3v) is 28.5. The molecule has 12 nitrogen and oxygen atoms in total. The van der Waals surface area contributed by atoms with Crippen molar-refractivity contribution in [2.24, 2.45) is 0 Å². The Bertz CT molecular complexity index is 6380. The van der Waals surface area contributed by atoms with Crippen LogP contribution in [0.5, 0.6) is 0 Å². The van der Waals surface area contributed by atoms with Gasteiger partial charge in [-0.05, 0) is 337 Å². The molecule has 0 bridgehead atoms. The number of nitrogens with zero attached hydrogens (tertiary/aromatic N) is 3. The number of ketones is 3. The van der Waals surface area contributed by atoms with Crippen molar-refractivity contribution in [2.75, 3.05) is 63.3 Å². The Balaban J connectivity index is 0.000000157. The zero-order chi connectivity index (χ0) is 99.9. The molecule has 0 N–H and O–H groups in total. The number of carbonyl (C=O) groups excluding carboxylic acids is 5. The van der Waals surface area contributed by atoms with E-state index in [4.69, 9.17) is 17.6 Å². The van der Waals surface area contributed by atoms with Crippen LogP contribution in [-0.2, 0) is 64.4 Å². The molecule has 17 rings (SSSR count). The van der Waals surface area contributed by atoms with Gasteiger partial charge in [0.25, 0.3) is 0 Å². The molecule has 13 heteroatoms. The van der Waals surface area contributed by atoms with E-state index >= 15 is 0 Å². The van der Waals surface area contributed by atoms with E-state index in [0.717, 1.165) is 140 Å². The summed E-state index contributed by atoms with van der Waals surface area (Å²) in [5, 5.41) is 0. The predicted octanol–water partition coefficient (Wildman–Crippen LogP) is 28.9. The fourth-order valence-corrected chi connectivity index (χ4v) is 18.9. The molecule has 0 spiro atoms. The molecule has 3 aliphatic rings. The van der Waals surface area contributed by atoms with Crippen LogP contribution >= 0.6 is 0 Å². The molecule has 3 aliphatic heterocycles. The summed E-state index contributed by atoms with van der Waals surface area (Å²) in [6, 6.07) is 114. The maximum Gasteiger partial charge on any atom is 0.337 e. The number of rotatable bonds is 23. The number of aryl methyl sites for hydroxylation is 7. The molecule has 0 unspecified atom stereocenters. The highest BCUT2D eigenvalue weighted by Gasteiger charge is 2.31. The predicted molar refractivity (Wildman–Crippen MR) is 579 cm³/mol. The minimum atomic E-state index is -3.44. The Kier molecular flexibility index (Phi) is 41.0. The Hall–Kier alpha value is -14.3. The molecule has 14 aromatic rings. The lowest BCUT2D eigenvalue weighted by molar-refractivity contribution is 0.0592. The second-order valence-corrected chi connectivity index (χ2v) is 37.5. The van der Waals surface area contributed by atoms with Gasteiger partial charge in [0.1, 0.15) is 0 Å². The topological polar surface area (TPSA) is 148 Å². The number of hydrogen-bond acceptors (Lipinski definition) is 11. The largest absolute Gasteiger partial charge is 0.465 e. The maximum absolute atomic E-state index is 12.8. The number of esters is 2. The third kappa shape index (κ3) is 30.8. The van der Waals surface area contributed by atoms with Crippen molar-refractivity contribution < 1.29 is 41.9 Å². The van der Waals surface area contributed by atoms with Gasteiger partial charge in [0, 0.05) is 78.5 Å². The van der Waals surface area contributed by atoms with Crippen molar-refractivity contribution in [3.63, 3.8) is 0 Å². The lowest BCUT2D eigenvalue weighted by Gasteiger charge is -2.34. The number of hydrogen-bond donors (Lipinski definition) is 0. The first-order valence-electron chi connectivity index (χ1n) is 49.4. The van der Waals surface area contributed by atoms with Gasteiger partial charge in [-0.1, -0.05) is 285 Å². The van der Waals surface area contributed by atoms with Crippen LogP contribution in [-0.4, -0.2) is 95.5 Å². The van der Waals surface area contributed by atoms with Crippen LogP contribution in [0.15, 0.2) is 345 Å². The molecular weight excluding hydrogens is 1740 g/mol. The van der Waals surface area contributed by atoms with Crippen LogP contribution in [0, 0.1) is 24.7 Å². The van der Waals surface area contributed by atoms with Crippen LogP contribution < -0.4 is 9.80 Å². The summed E-state index contributed by atoms with van der Waals surface area (Å²) in [4.78, 5) is 62.0. The highest BCUT2D eigenvalue weighted by molar-refractivity contribution is 7.89. The van der Waals surface area contributed by atoms with Gasteiger partial charge in [-0.15, -0.1) is 12.8 Å². The molecular formula is C127H135N3O9S. The Labute approximate surface area is 833 Å². The zero-order valence-corrected chi connectivity index (χ0v) is 84.4. The maximum atomic E-state index is 12.8. The molecule has 718 valence electrons. The van der Waals surface area contributed by atoms with E-state index in [9.17, 15) is 32.4 Å². The number of anilines is 2. The summed E-state index contributed by atoms with van der Waals surface area (Å²) in [6.07, 6.45) is 24.7. The minimum Gasteiger partial charge on any atom is -0.465 e. The number of Topliss-reactive ketones (excluding diaryl/α,β-unsaturated/α-hetero) is 3. The van der Waals surface area contributed by atoms with Gasteiger partial charge >= 0.3 is 11.9 Å². The Morgan fingerprint density at radius 3 is 0.857 bits per heavy atom. The fourth-order valence-electron chi connectivity index (χ4n) is 17.4. The van der Waals surface area contributed by atoms with E-state index in [1.165, 1.54) is 118 Å². The van der Waals surface area contributed by atoms with Crippen LogP contribution in [0.25, 0.3) is 44.5 Å². The number of terminal acetylenes is 2. The number of methoxy groups -OCH3 is 2. The fraction of sp³-hybridized carbons (Fsp3) is 0.268. The molecule has 0 atom stereocenters. The van der Waals surface area contributed by atoms with Gasteiger partial charge in [0.05, 0.1) is 30.2 Å². The summed E-state index contributed by atoms with van der Waals surface area (Å²) in [7, 11) is -0.656. The number of ether oxygens (including phenoxy) is 2. The molecule has 14 aromatic carbocycles. The molecule has 0 aliphatic carbocycles. The number of piperidine rings is 3. The first-order valence-corrected chi connectivity index (χ1v) is 50.8. The third-order valence-electron chi connectivity index (χ3n) is 26.6.